The summed E-state index contributed by atoms with van der Waals surface area (Å²) in [7, 11) is 0. The maximum atomic E-state index is 12.7. The molecule has 2 N–H and O–H groups in total. The van der Waals surface area contributed by atoms with Gasteiger partial charge in [0.05, 0.1) is 18.0 Å². The second kappa shape index (κ2) is 9.69. The van der Waals surface area contributed by atoms with Crippen LogP contribution < -0.4 is 4.90 Å². The number of ketones is 1. The summed E-state index contributed by atoms with van der Waals surface area (Å²) in [5.41, 5.74) is 0.765. The van der Waals surface area contributed by atoms with Gasteiger partial charge in [-0.1, -0.05) is 36.8 Å². The average Bonchev–Trinajstić information content (AvgIpc) is 3.34. The van der Waals surface area contributed by atoms with Crippen molar-refractivity contribution in [1.29, 1.82) is 0 Å². The summed E-state index contributed by atoms with van der Waals surface area (Å²) in [4.78, 5) is 37.6. The Labute approximate surface area is 178 Å². The van der Waals surface area contributed by atoms with E-state index in [2.05, 4.69) is 15.0 Å². The number of hydrogen-bond donors (Lipinski definition) is 2. The van der Waals surface area contributed by atoms with E-state index < -0.39 is 5.97 Å². The molecule has 0 saturated carbocycles. The van der Waals surface area contributed by atoms with E-state index >= 15 is 0 Å². The number of aromatic carboxylic acids is 1. The number of imidazole rings is 1. The number of ether oxygens (including phenoxy) is 1. The number of aromatic amines is 1. The maximum absolute atomic E-state index is 12.7. The molecule has 8 nitrogen and oxygen atoms in total. The lowest BCUT2D eigenvalue weighted by molar-refractivity contribution is 0.00378. The van der Waals surface area contributed by atoms with Crippen molar-refractivity contribution in [1.82, 2.24) is 15.0 Å². The number of H-pyrrole nitrogens is 1. The third-order valence-corrected chi connectivity index (χ3v) is 6.36. The van der Waals surface area contributed by atoms with Crippen LogP contribution >= 0.6 is 22.9 Å². The number of nitrogens with zero attached hydrogens (tertiary/aromatic N) is 3. The van der Waals surface area contributed by atoms with Gasteiger partial charge in [-0.3, -0.25) is 4.79 Å². The number of halogens is 1. The second-order valence-electron chi connectivity index (χ2n) is 7.05. The highest BCUT2D eigenvalue weighted by atomic mass is 35.5. The quantitative estimate of drug-likeness (QED) is 0.572. The molecule has 0 spiro atoms. The number of carboxylic acids is 1. The Balaban J connectivity index is 1.69. The van der Waals surface area contributed by atoms with Gasteiger partial charge < -0.3 is 19.7 Å². The van der Waals surface area contributed by atoms with Gasteiger partial charge >= 0.3 is 5.97 Å². The van der Waals surface area contributed by atoms with Crippen molar-refractivity contribution in [3.05, 3.63) is 27.7 Å². The number of rotatable bonds is 9. The molecule has 1 aliphatic rings. The number of carboxylic acid groups (broad SMARTS) is 1. The van der Waals surface area contributed by atoms with Crippen LogP contribution in [0, 0.1) is 5.92 Å². The molecule has 0 bridgehead atoms. The molecule has 0 amide bonds. The molecule has 10 heteroatoms. The molecule has 3 rings (SSSR count). The molecular formula is C19H25ClN4O4S. The van der Waals surface area contributed by atoms with E-state index in [4.69, 9.17) is 21.4 Å². The Morgan fingerprint density at radius 1 is 1.45 bits per heavy atom. The van der Waals surface area contributed by atoms with Crippen LogP contribution in [0.25, 0.3) is 0 Å². The number of carbonyl (C=O) groups excluding carboxylic acids is 1. The summed E-state index contributed by atoms with van der Waals surface area (Å²) < 4.78 is 6.05. The SMILES string of the molecule is CCCO[C@H]1CN(c2ncc(C(=O)O)s2)CC[C@H]1CC(=O)c1nc(Cl)c(CC)[nH]1. The first kappa shape index (κ1) is 21.7. The van der Waals surface area contributed by atoms with Gasteiger partial charge in [0.2, 0.25) is 0 Å². The maximum Gasteiger partial charge on any atom is 0.347 e. The molecule has 2 aromatic rings. The highest BCUT2D eigenvalue weighted by Crippen LogP contribution is 2.31. The fraction of sp³-hybridized carbons (Fsp3) is 0.579. The van der Waals surface area contributed by atoms with Gasteiger partial charge in [0, 0.05) is 26.1 Å². The van der Waals surface area contributed by atoms with Gasteiger partial charge in [-0.15, -0.1) is 0 Å². The number of aromatic nitrogens is 3. The van der Waals surface area contributed by atoms with Crippen LogP contribution in [0.15, 0.2) is 6.20 Å². The molecule has 29 heavy (non-hydrogen) atoms. The number of carbonyl (C=O) groups is 2. The molecule has 3 heterocycles. The van der Waals surface area contributed by atoms with Crippen LogP contribution in [-0.4, -0.2) is 57.6 Å². The summed E-state index contributed by atoms with van der Waals surface area (Å²) in [6.07, 6.45) is 3.88. The summed E-state index contributed by atoms with van der Waals surface area (Å²) in [6.45, 7) is 5.86. The van der Waals surface area contributed by atoms with Crippen molar-refractivity contribution < 1.29 is 19.4 Å². The first-order chi connectivity index (χ1) is 13.9. The number of anilines is 1. The minimum absolute atomic E-state index is 0.0539. The monoisotopic (exact) mass is 440 g/mol. The normalized spacial score (nSPS) is 19.5. The summed E-state index contributed by atoms with van der Waals surface area (Å²) >= 11 is 7.22. The van der Waals surface area contributed by atoms with E-state index in [1.165, 1.54) is 6.20 Å². The lowest BCUT2D eigenvalue weighted by atomic mass is 9.89. The van der Waals surface area contributed by atoms with Crippen molar-refractivity contribution in [2.45, 2.75) is 45.6 Å². The van der Waals surface area contributed by atoms with Crippen molar-refractivity contribution in [2.24, 2.45) is 5.92 Å². The Kier molecular flexibility index (Phi) is 7.26. The zero-order valence-corrected chi connectivity index (χ0v) is 18.1. The third-order valence-electron chi connectivity index (χ3n) is 5.00. The molecule has 0 aliphatic carbocycles. The van der Waals surface area contributed by atoms with Crippen LogP contribution in [0.2, 0.25) is 5.15 Å². The van der Waals surface area contributed by atoms with E-state index in [0.717, 1.165) is 29.9 Å². The van der Waals surface area contributed by atoms with E-state index in [9.17, 15) is 9.59 Å². The van der Waals surface area contributed by atoms with Gasteiger partial charge in [0.25, 0.3) is 0 Å². The standard InChI is InChI=1S/C19H25ClN4O4S/c1-3-7-28-14-10-24(19-21-9-15(29-19)18(26)27)6-5-11(14)8-13(25)17-22-12(4-2)16(20)23-17/h9,11,14H,3-8,10H2,1-2H3,(H,22,23)(H,26,27)/t11-,14-/m0/s1. The van der Waals surface area contributed by atoms with Crippen LogP contribution in [0.3, 0.4) is 0 Å². The molecule has 1 aliphatic heterocycles. The Morgan fingerprint density at radius 3 is 2.86 bits per heavy atom. The Hall–Kier alpha value is -1.97. The van der Waals surface area contributed by atoms with Gasteiger partial charge in [0.15, 0.2) is 21.9 Å². The minimum atomic E-state index is -0.975. The van der Waals surface area contributed by atoms with Crippen LogP contribution in [0.1, 0.15) is 59.1 Å². The third kappa shape index (κ3) is 5.15. The summed E-state index contributed by atoms with van der Waals surface area (Å²) in [5, 5.41) is 10.1. The molecule has 1 saturated heterocycles. The smallest absolute Gasteiger partial charge is 0.347 e. The Morgan fingerprint density at radius 2 is 2.24 bits per heavy atom. The van der Waals surface area contributed by atoms with Crippen molar-refractivity contribution in [3.63, 3.8) is 0 Å². The lowest BCUT2D eigenvalue weighted by Gasteiger charge is -2.38. The number of hydrogen-bond acceptors (Lipinski definition) is 7. The van der Waals surface area contributed by atoms with Crippen molar-refractivity contribution in [3.8, 4) is 0 Å². The molecule has 0 aromatic carbocycles. The first-order valence-corrected chi connectivity index (χ1v) is 11.0. The van der Waals surface area contributed by atoms with Crippen LogP contribution in [0.4, 0.5) is 5.13 Å². The lowest BCUT2D eigenvalue weighted by Crippen LogP contribution is -2.46. The van der Waals surface area contributed by atoms with Crippen molar-refractivity contribution >= 4 is 39.8 Å². The largest absolute Gasteiger partial charge is 0.477 e. The van der Waals surface area contributed by atoms with Crippen LogP contribution in [0.5, 0.6) is 0 Å². The predicted molar refractivity (Wildman–Crippen MR) is 111 cm³/mol. The predicted octanol–water partition coefficient (Wildman–Crippen LogP) is 3.67. The van der Waals surface area contributed by atoms with Gasteiger partial charge in [-0.2, -0.15) is 0 Å². The zero-order chi connectivity index (χ0) is 21.0. The fourth-order valence-corrected chi connectivity index (χ4v) is 4.48. The molecule has 2 atom stereocenters. The number of aryl methyl sites for hydroxylation is 1. The number of thiazole rings is 1. The molecule has 158 valence electrons. The number of piperidine rings is 1. The molecule has 2 aromatic heterocycles. The van der Waals surface area contributed by atoms with E-state index in [-0.39, 0.29) is 22.7 Å². The van der Waals surface area contributed by atoms with E-state index in [1.807, 2.05) is 18.7 Å². The van der Waals surface area contributed by atoms with Gasteiger partial charge in [0.1, 0.15) is 4.88 Å². The Bertz CT molecular complexity index is 868. The van der Waals surface area contributed by atoms with Crippen molar-refractivity contribution in [2.75, 3.05) is 24.6 Å². The molecule has 1 fully saturated rings. The average molecular weight is 441 g/mol. The zero-order valence-electron chi connectivity index (χ0n) is 16.5. The highest BCUT2D eigenvalue weighted by molar-refractivity contribution is 7.17. The second-order valence-corrected chi connectivity index (χ2v) is 8.42. The minimum Gasteiger partial charge on any atom is -0.477 e. The first-order valence-electron chi connectivity index (χ1n) is 9.76. The highest BCUT2D eigenvalue weighted by Gasteiger charge is 2.33. The number of Topliss-reactive ketones (excluding diaryl/α,β-unsaturated/α-hetero) is 1. The van der Waals surface area contributed by atoms with E-state index in [0.29, 0.717) is 48.6 Å². The topological polar surface area (TPSA) is 108 Å². The summed E-state index contributed by atoms with van der Waals surface area (Å²) in [6, 6.07) is 0. The summed E-state index contributed by atoms with van der Waals surface area (Å²) in [5.74, 6) is -0.693. The fourth-order valence-electron chi connectivity index (χ4n) is 3.43. The van der Waals surface area contributed by atoms with Gasteiger partial charge in [-0.05, 0) is 25.2 Å². The van der Waals surface area contributed by atoms with E-state index in [1.54, 1.807) is 0 Å². The molecule has 0 radical (unpaired) electrons. The number of nitrogens with one attached hydrogen (secondary N) is 1. The van der Waals surface area contributed by atoms with Crippen LogP contribution in [-0.2, 0) is 11.2 Å². The molecule has 0 unspecified atom stereocenters. The molecular weight excluding hydrogens is 416 g/mol. The van der Waals surface area contributed by atoms with Gasteiger partial charge in [-0.25, -0.2) is 14.8 Å².